The summed E-state index contributed by atoms with van der Waals surface area (Å²) in [6.07, 6.45) is 0. The fourth-order valence-corrected chi connectivity index (χ4v) is 3.86. The van der Waals surface area contributed by atoms with Gasteiger partial charge in [0, 0.05) is 35.4 Å². The van der Waals surface area contributed by atoms with Gasteiger partial charge in [-0.05, 0) is 24.7 Å². The van der Waals surface area contributed by atoms with Gasteiger partial charge in [0.15, 0.2) is 5.82 Å². The minimum absolute atomic E-state index is 0. The molecule has 5 nitrogen and oxygen atoms in total. The SMILES string of the molecule is CN1CCNCC1c1noc(CSCc2ccc(Cl)cc2Cl)n1.Cl. The van der Waals surface area contributed by atoms with E-state index in [2.05, 4.69) is 27.4 Å². The molecule has 0 radical (unpaired) electrons. The molecule has 1 aliphatic rings. The predicted octanol–water partition coefficient (Wildman–Crippen LogP) is 3.81. The molecule has 0 saturated carbocycles. The van der Waals surface area contributed by atoms with E-state index in [1.807, 2.05) is 12.1 Å². The number of hydrogen-bond donors (Lipinski definition) is 1. The number of nitrogens with zero attached hydrogens (tertiary/aromatic N) is 3. The molecule has 0 bridgehead atoms. The lowest BCUT2D eigenvalue weighted by atomic mass is 10.2. The Kier molecular flexibility index (Phi) is 7.65. The van der Waals surface area contributed by atoms with Crippen molar-refractivity contribution in [2.45, 2.75) is 17.5 Å². The Bertz CT molecular complexity index is 670. The third kappa shape index (κ3) is 5.00. The normalized spacial score (nSPS) is 18.4. The minimum Gasteiger partial charge on any atom is -0.338 e. The second-order valence-corrected chi connectivity index (χ2v) is 7.30. The van der Waals surface area contributed by atoms with E-state index in [0.29, 0.717) is 21.7 Å². The molecule has 1 aliphatic heterocycles. The van der Waals surface area contributed by atoms with Crippen LogP contribution in [0.4, 0.5) is 0 Å². The Morgan fingerprint density at radius 1 is 1.38 bits per heavy atom. The summed E-state index contributed by atoms with van der Waals surface area (Å²) >= 11 is 13.8. The molecule has 0 aliphatic carbocycles. The number of nitrogens with one attached hydrogen (secondary N) is 1. The number of rotatable bonds is 5. The fourth-order valence-electron chi connectivity index (χ4n) is 2.44. The number of likely N-dealkylation sites (N-methyl/N-ethyl adjacent to an activating group) is 1. The van der Waals surface area contributed by atoms with Crippen LogP contribution < -0.4 is 5.32 Å². The molecular formula is C15H19Cl3N4OS. The van der Waals surface area contributed by atoms with Crippen molar-refractivity contribution in [3.05, 3.63) is 45.5 Å². The number of thioether (sulfide) groups is 1. The van der Waals surface area contributed by atoms with Gasteiger partial charge in [0.1, 0.15) is 0 Å². The molecule has 2 aromatic rings. The zero-order valence-electron chi connectivity index (χ0n) is 13.2. The molecule has 1 aromatic heterocycles. The number of hydrogen-bond acceptors (Lipinski definition) is 6. The first kappa shape index (κ1) is 19.8. The van der Waals surface area contributed by atoms with Crippen LogP contribution in [0.25, 0.3) is 0 Å². The number of benzene rings is 1. The van der Waals surface area contributed by atoms with Crippen LogP contribution in [-0.2, 0) is 11.5 Å². The molecule has 3 rings (SSSR count). The Hall–Kier alpha value is -0.500. The quantitative estimate of drug-likeness (QED) is 0.810. The Morgan fingerprint density at radius 3 is 2.96 bits per heavy atom. The maximum absolute atomic E-state index is 6.17. The minimum atomic E-state index is 0. The maximum atomic E-state index is 6.17. The third-order valence-electron chi connectivity index (χ3n) is 3.79. The van der Waals surface area contributed by atoms with Gasteiger partial charge >= 0.3 is 0 Å². The summed E-state index contributed by atoms with van der Waals surface area (Å²) in [5.74, 6) is 2.84. The lowest BCUT2D eigenvalue weighted by Gasteiger charge is -2.30. The number of piperazine rings is 1. The molecular weight excluding hydrogens is 391 g/mol. The Labute approximate surface area is 161 Å². The van der Waals surface area contributed by atoms with Crippen molar-refractivity contribution in [1.29, 1.82) is 0 Å². The molecule has 24 heavy (non-hydrogen) atoms. The first-order chi connectivity index (χ1) is 11.1. The topological polar surface area (TPSA) is 54.2 Å². The second-order valence-electron chi connectivity index (χ2n) is 5.48. The second kappa shape index (κ2) is 9.27. The molecule has 1 saturated heterocycles. The zero-order chi connectivity index (χ0) is 16.2. The fraction of sp³-hybridized carbons (Fsp3) is 0.467. The van der Waals surface area contributed by atoms with Crippen molar-refractivity contribution in [2.75, 3.05) is 26.7 Å². The van der Waals surface area contributed by atoms with E-state index in [1.54, 1.807) is 17.8 Å². The lowest BCUT2D eigenvalue weighted by molar-refractivity contribution is 0.190. The summed E-state index contributed by atoms with van der Waals surface area (Å²) in [5, 5.41) is 8.81. The molecule has 1 unspecified atom stereocenters. The number of halogens is 3. The van der Waals surface area contributed by atoms with Crippen molar-refractivity contribution in [3.8, 4) is 0 Å². The molecule has 0 spiro atoms. The van der Waals surface area contributed by atoms with Crippen LogP contribution in [0.2, 0.25) is 10.0 Å². The monoisotopic (exact) mass is 408 g/mol. The van der Waals surface area contributed by atoms with E-state index >= 15 is 0 Å². The lowest BCUT2D eigenvalue weighted by Crippen LogP contribution is -2.44. The van der Waals surface area contributed by atoms with Gasteiger partial charge in [-0.15, -0.1) is 24.2 Å². The summed E-state index contributed by atoms with van der Waals surface area (Å²) in [6, 6.07) is 5.73. The van der Waals surface area contributed by atoms with Crippen LogP contribution in [0, 0.1) is 0 Å². The molecule has 1 aromatic carbocycles. The van der Waals surface area contributed by atoms with Crippen molar-refractivity contribution < 1.29 is 4.52 Å². The van der Waals surface area contributed by atoms with Gasteiger partial charge in [0.25, 0.3) is 0 Å². The van der Waals surface area contributed by atoms with Crippen LogP contribution in [0.5, 0.6) is 0 Å². The smallest absolute Gasteiger partial charge is 0.236 e. The molecule has 132 valence electrons. The third-order valence-corrected chi connectivity index (χ3v) is 5.34. The van der Waals surface area contributed by atoms with E-state index in [1.165, 1.54) is 0 Å². The van der Waals surface area contributed by atoms with Crippen molar-refractivity contribution in [2.24, 2.45) is 0 Å². The highest BCUT2D eigenvalue weighted by atomic mass is 35.5. The highest BCUT2D eigenvalue weighted by molar-refractivity contribution is 7.97. The van der Waals surface area contributed by atoms with E-state index in [-0.39, 0.29) is 18.4 Å². The molecule has 0 amide bonds. The zero-order valence-corrected chi connectivity index (χ0v) is 16.3. The van der Waals surface area contributed by atoms with Gasteiger partial charge in [-0.1, -0.05) is 34.4 Å². The molecule has 2 heterocycles. The van der Waals surface area contributed by atoms with Gasteiger partial charge < -0.3 is 9.84 Å². The highest BCUT2D eigenvalue weighted by Gasteiger charge is 2.25. The Morgan fingerprint density at radius 2 is 2.21 bits per heavy atom. The van der Waals surface area contributed by atoms with E-state index in [9.17, 15) is 0 Å². The van der Waals surface area contributed by atoms with Crippen molar-refractivity contribution in [1.82, 2.24) is 20.4 Å². The van der Waals surface area contributed by atoms with Gasteiger partial charge in [-0.25, -0.2) is 0 Å². The molecule has 1 fully saturated rings. The molecule has 1 N–H and O–H groups in total. The summed E-state index contributed by atoms with van der Waals surface area (Å²) < 4.78 is 5.36. The standard InChI is InChI=1S/C15H18Cl2N4OS.ClH/c1-21-5-4-18-7-13(21)15-19-14(22-20-15)9-23-8-10-2-3-11(16)6-12(10)17;/h2-3,6,13,18H,4-5,7-9H2,1H3;1H. The maximum Gasteiger partial charge on any atom is 0.236 e. The Balaban J connectivity index is 0.00000208. The van der Waals surface area contributed by atoms with E-state index in [0.717, 1.165) is 36.8 Å². The van der Waals surface area contributed by atoms with Crippen LogP contribution in [0.3, 0.4) is 0 Å². The van der Waals surface area contributed by atoms with Crippen LogP contribution >= 0.6 is 47.4 Å². The van der Waals surface area contributed by atoms with Crippen molar-refractivity contribution in [3.63, 3.8) is 0 Å². The summed E-state index contributed by atoms with van der Waals surface area (Å²) in [6.45, 7) is 2.83. The van der Waals surface area contributed by atoms with Gasteiger partial charge in [0.05, 0.1) is 11.8 Å². The van der Waals surface area contributed by atoms with Crippen LogP contribution in [-0.4, -0.2) is 41.7 Å². The first-order valence-corrected chi connectivity index (χ1v) is 9.29. The largest absolute Gasteiger partial charge is 0.338 e. The predicted molar refractivity (Wildman–Crippen MR) is 101 cm³/mol. The molecule has 1 atom stereocenters. The van der Waals surface area contributed by atoms with E-state index < -0.39 is 0 Å². The summed E-state index contributed by atoms with van der Waals surface area (Å²) in [7, 11) is 2.08. The van der Waals surface area contributed by atoms with Crippen molar-refractivity contribution >= 4 is 47.4 Å². The number of aromatic nitrogens is 2. The first-order valence-electron chi connectivity index (χ1n) is 7.38. The average molecular weight is 410 g/mol. The summed E-state index contributed by atoms with van der Waals surface area (Å²) in [4.78, 5) is 6.76. The van der Waals surface area contributed by atoms with Crippen LogP contribution in [0.1, 0.15) is 23.3 Å². The van der Waals surface area contributed by atoms with Crippen LogP contribution in [0.15, 0.2) is 22.7 Å². The van der Waals surface area contributed by atoms with Gasteiger partial charge in [-0.3, -0.25) is 4.90 Å². The van der Waals surface area contributed by atoms with Gasteiger partial charge in [-0.2, -0.15) is 4.98 Å². The molecule has 9 heteroatoms. The highest BCUT2D eigenvalue weighted by Crippen LogP contribution is 2.26. The van der Waals surface area contributed by atoms with E-state index in [4.69, 9.17) is 27.7 Å². The average Bonchev–Trinajstić information content (AvgIpc) is 2.98. The van der Waals surface area contributed by atoms with Gasteiger partial charge in [0.2, 0.25) is 5.89 Å². The summed E-state index contributed by atoms with van der Waals surface area (Å²) in [5.41, 5.74) is 1.05.